The van der Waals surface area contributed by atoms with E-state index in [1.807, 2.05) is 13.8 Å². The minimum atomic E-state index is -5.19. The number of nitrogens with zero attached hydrogens (tertiary/aromatic N) is 4. The van der Waals surface area contributed by atoms with Gasteiger partial charge in [-0.25, -0.2) is 0 Å². The first kappa shape index (κ1) is 27.3. The average Bonchev–Trinajstić information content (AvgIpc) is 3.21. The van der Waals surface area contributed by atoms with Crippen LogP contribution in [0.15, 0.2) is 24.4 Å². The Hall–Kier alpha value is -3.71. The maximum Gasteiger partial charge on any atom is 0.471 e. The minimum Gasteiger partial charge on any atom is -0.368 e. The fourth-order valence-corrected chi connectivity index (χ4v) is 5.34. The number of nitrogens with one attached hydrogen (secondary N) is 2. The van der Waals surface area contributed by atoms with Crippen LogP contribution >= 0.6 is 0 Å². The third-order valence-electron chi connectivity index (χ3n) is 7.56. The van der Waals surface area contributed by atoms with E-state index < -0.39 is 53.3 Å². The van der Waals surface area contributed by atoms with Crippen molar-refractivity contribution in [3.63, 3.8) is 0 Å². The molecule has 1 saturated heterocycles. The van der Waals surface area contributed by atoms with Gasteiger partial charge < -0.3 is 21.3 Å². The van der Waals surface area contributed by atoms with Crippen molar-refractivity contribution in [2.24, 2.45) is 28.4 Å². The number of nitrogens with two attached hydrogens (primary N) is 1. The lowest BCUT2D eigenvalue weighted by molar-refractivity contribution is -0.176. The molecule has 1 saturated carbocycles. The second-order valence-corrected chi connectivity index (χ2v) is 11.5. The summed E-state index contributed by atoms with van der Waals surface area (Å²) in [6.07, 6.45) is -3.68. The first-order valence-electron chi connectivity index (χ1n) is 12.0. The Morgan fingerprint density at radius 3 is 2.34 bits per heavy atom. The van der Waals surface area contributed by atoms with Crippen molar-refractivity contribution < 1.29 is 32.3 Å². The lowest BCUT2D eigenvalue weighted by Gasteiger charge is -2.37. The van der Waals surface area contributed by atoms with E-state index in [2.05, 4.69) is 15.5 Å². The Balaban J connectivity index is 1.62. The first-order chi connectivity index (χ1) is 17.4. The Bertz CT molecular complexity index is 1300. The summed E-state index contributed by atoms with van der Waals surface area (Å²) in [5.41, 5.74) is 4.92. The molecule has 2 unspecified atom stereocenters. The molecular weight excluding hydrogens is 507 g/mol. The van der Waals surface area contributed by atoms with Gasteiger partial charge in [-0.05, 0) is 40.9 Å². The number of alkyl halides is 3. The summed E-state index contributed by atoms with van der Waals surface area (Å²) in [6.45, 7) is 8.51. The standard InChI is InChI=1S/C24H30F3N7O4/c1-22(2,3)17(31-21(38)24(25,26)27)20(37)33-10-12-14(23(12,4)5)16(33)19(36)30-15(18(28)35)13-7-6-11-8-9-29-34(11)32-13/h6-9,12,14-17H,10H2,1-5H3,(H2,28,35)(H,30,36)(H,31,38)/t12-,14-,15?,16-,17?/m0/s1. The molecule has 5 atom stereocenters. The molecule has 0 bridgehead atoms. The van der Waals surface area contributed by atoms with Gasteiger partial charge in [0.25, 0.3) is 0 Å². The van der Waals surface area contributed by atoms with Gasteiger partial charge in [0.1, 0.15) is 12.1 Å². The largest absolute Gasteiger partial charge is 0.471 e. The van der Waals surface area contributed by atoms with Crippen LogP contribution in [0.1, 0.15) is 46.4 Å². The predicted octanol–water partition coefficient (Wildman–Crippen LogP) is 0.948. The highest BCUT2D eigenvalue weighted by Crippen LogP contribution is 2.65. The Morgan fingerprint density at radius 1 is 1.11 bits per heavy atom. The highest BCUT2D eigenvalue weighted by Gasteiger charge is 2.70. The molecule has 0 aromatic carbocycles. The van der Waals surface area contributed by atoms with Gasteiger partial charge in [0.15, 0.2) is 6.04 Å². The molecule has 206 valence electrons. The van der Waals surface area contributed by atoms with Crippen molar-refractivity contribution >= 4 is 29.1 Å². The number of hydrogen-bond donors (Lipinski definition) is 3. The number of amides is 4. The van der Waals surface area contributed by atoms with Crippen LogP contribution in [0.4, 0.5) is 13.2 Å². The molecule has 4 rings (SSSR count). The number of carbonyl (C=O) groups is 4. The smallest absolute Gasteiger partial charge is 0.368 e. The van der Waals surface area contributed by atoms with Crippen LogP contribution in [0, 0.1) is 22.7 Å². The van der Waals surface area contributed by atoms with Gasteiger partial charge in [0, 0.05) is 6.54 Å². The predicted molar refractivity (Wildman–Crippen MR) is 127 cm³/mol. The normalized spacial score (nSPS) is 23.9. The fraction of sp³-hybridized carbons (Fsp3) is 0.583. The minimum absolute atomic E-state index is 0.0910. The molecule has 1 aliphatic heterocycles. The summed E-state index contributed by atoms with van der Waals surface area (Å²) in [6, 6.07) is 0.845. The zero-order chi connectivity index (χ0) is 28.4. The van der Waals surface area contributed by atoms with Crippen molar-refractivity contribution in [3.05, 3.63) is 30.1 Å². The summed E-state index contributed by atoms with van der Waals surface area (Å²) in [5.74, 6) is -5.05. The third-order valence-corrected chi connectivity index (χ3v) is 7.56. The molecule has 4 N–H and O–H groups in total. The highest BCUT2D eigenvalue weighted by molar-refractivity contribution is 5.96. The van der Waals surface area contributed by atoms with Crippen LogP contribution in [0.25, 0.3) is 5.52 Å². The zero-order valence-corrected chi connectivity index (χ0v) is 21.5. The molecule has 2 fully saturated rings. The maximum absolute atomic E-state index is 13.6. The van der Waals surface area contributed by atoms with E-state index in [-0.39, 0.29) is 29.5 Å². The Labute approximate surface area is 216 Å². The number of halogens is 3. The van der Waals surface area contributed by atoms with Crippen LogP contribution in [0.2, 0.25) is 0 Å². The van der Waals surface area contributed by atoms with E-state index in [4.69, 9.17) is 5.73 Å². The molecule has 1 aliphatic carbocycles. The SMILES string of the molecule is CC(C)(C)C(NC(=O)C(F)(F)F)C(=O)N1C[C@H]2[C@@H]([C@H]1C(=O)NC(C(N)=O)c1ccc3ccnn3n1)C2(C)C. The van der Waals surface area contributed by atoms with Gasteiger partial charge in [-0.2, -0.15) is 28.0 Å². The Morgan fingerprint density at radius 2 is 1.76 bits per heavy atom. The monoisotopic (exact) mass is 537 g/mol. The van der Waals surface area contributed by atoms with Crippen LogP contribution in [-0.4, -0.2) is 68.2 Å². The molecule has 2 aromatic rings. The van der Waals surface area contributed by atoms with Gasteiger partial charge in [0.2, 0.25) is 17.7 Å². The molecule has 38 heavy (non-hydrogen) atoms. The second-order valence-electron chi connectivity index (χ2n) is 11.5. The number of likely N-dealkylation sites (tertiary alicyclic amines) is 1. The number of fused-ring (bicyclic) bond motifs is 2. The van der Waals surface area contributed by atoms with E-state index in [0.717, 1.165) is 0 Å². The molecule has 2 aliphatic rings. The average molecular weight is 538 g/mol. The second kappa shape index (κ2) is 8.95. The van der Waals surface area contributed by atoms with Crippen molar-refractivity contribution in [2.45, 2.75) is 58.9 Å². The van der Waals surface area contributed by atoms with E-state index in [1.54, 1.807) is 17.4 Å². The molecule has 3 heterocycles. The summed E-state index contributed by atoms with van der Waals surface area (Å²) < 4.78 is 40.3. The molecule has 2 aromatic heterocycles. The quantitative estimate of drug-likeness (QED) is 0.499. The summed E-state index contributed by atoms with van der Waals surface area (Å²) in [5, 5.41) is 12.6. The van der Waals surface area contributed by atoms with Gasteiger partial charge in [0.05, 0.1) is 17.4 Å². The van der Waals surface area contributed by atoms with E-state index in [9.17, 15) is 32.3 Å². The molecular formula is C24H30F3N7O4. The highest BCUT2D eigenvalue weighted by atomic mass is 19.4. The van der Waals surface area contributed by atoms with Crippen molar-refractivity contribution in [3.8, 4) is 0 Å². The molecule has 0 spiro atoms. The summed E-state index contributed by atoms with van der Waals surface area (Å²) in [7, 11) is 0. The number of aromatic nitrogens is 3. The van der Waals surface area contributed by atoms with Crippen molar-refractivity contribution in [1.82, 2.24) is 30.4 Å². The van der Waals surface area contributed by atoms with Gasteiger partial charge in [-0.3, -0.25) is 19.2 Å². The van der Waals surface area contributed by atoms with Crippen molar-refractivity contribution in [2.75, 3.05) is 6.54 Å². The number of rotatable bonds is 6. The van der Waals surface area contributed by atoms with E-state index >= 15 is 0 Å². The van der Waals surface area contributed by atoms with Crippen LogP contribution in [0.3, 0.4) is 0 Å². The number of hydrogen-bond acceptors (Lipinski definition) is 6. The molecule has 11 nitrogen and oxygen atoms in total. The van der Waals surface area contributed by atoms with Crippen molar-refractivity contribution in [1.29, 1.82) is 0 Å². The van der Waals surface area contributed by atoms with E-state index in [1.165, 1.54) is 42.6 Å². The van der Waals surface area contributed by atoms with Gasteiger partial charge in [-0.15, -0.1) is 0 Å². The summed E-state index contributed by atoms with van der Waals surface area (Å²) in [4.78, 5) is 52.5. The molecule has 14 heteroatoms. The molecule has 0 radical (unpaired) electrons. The van der Waals surface area contributed by atoms with Gasteiger partial charge in [-0.1, -0.05) is 34.6 Å². The molecule has 4 amide bonds. The topological polar surface area (TPSA) is 152 Å². The van der Waals surface area contributed by atoms with Crippen LogP contribution < -0.4 is 16.4 Å². The number of primary amides is 1. The third kappa shape index (κ3) is 4.78. The summed E-state index contributed by atoms with van der Waals surface area (Å²) >= 11 is 0. The maximum atomic E-state index is 13.6. The fourth-order valence-electron chi connectivity index (χ4n) is 5.34. The van der Waals surface area contributed by atoms with Crippen LogP contribution in [0.5, 0.6) is 0 Å². The van der Waals surface area contributed by atoms with Gasteiger partial charge >= 0.3 is 12.1 Å². The van der Waals surface area contributed by atoms with Crippen LogP contribution in [-0.2, 0) is 19.2 Å². The number of piperidine rings is 1. The Kier molecular flexibility index (Phi) is 6.43. The van der Waals surface area contributed by atoms with E-state index in [0.29, 0.717) is 5.52 Å². The lowest BCUT2D eigenvalue weighted by atomic mass is 9.85. The zero-order valence-electron chi connectivity index (χ0n) is 21.5. The number of carbonyl (C=O) groups excluding carboxylic acids is 4. The lowest BCUT2D eigenvalue weighted by Crippen LogP contribution is -2.61. The first-order valence-corrected chi connectivity index (χ1v) is 12.0.